The van der Waals surface area contributed by atoms with Crippen LogP contribution >= 0.6 is 0 Å². The number of fused-ring (bicyclic) bond motifs is 2. The molecule has 0 saturated heterocycles. The van der Waals surface area contributed by atoms with Gasteiger partial charge in [0.2, 0.25) is 0 Å². The summed E-state index contributed by atoms with van der Waals surface area (Å²) in [5.74, 6) is -0.943. The number of carbonyl (C=O) groups is 2. The number of nitrogens with zero attached hydrogens (tertiary/aromatic N) is 4. The number of azo groups is 1. The van der Waals surface area contributed by atoms with E-state index >= 15 is 0 Å². The van der Waals surface area contributed by atoms with Gasteiger partial charge in [-0.05, 0) is 30.2 Å². The Kier molecular flexibility index (Phi) is 5.97. The molecule has 3 aromatic rings. The Labute approximate surface area is 196 Å². The molecule has 0 bridgehead atoms. The van der Waals surface area contributed by atoms with Crippen molar-refractivity contribution in [3.8, 4) is 0 Å². The van der Waals surface area contributed by atoms with Gasteiger partial charge in [-0.1, -0.05) is 54.6 Å². The summed E-state index contributed by atoms with van der Waals surface area (Å²) in [5, 5.41) is 16.2. The van der Waals surface area contributed by atoms with Crippen LogP contribution in [0.4, 0.5) is 5.69 Å². The molecule has 0 radical (unpaired) electrons. The second kappa shape index (κ2) is 9.36. The van der Waals surface area contributed by atoms with E-state index in [-0.39, 0.29) is 11.8 Å². The van der Waals surface area contributed by atoms with Crippen LogP contribution < -0.4 is 5.32 Å². The number of benzene rings is 2. The summed E-state index contributed by atoms with van der Waals surface area (Å²) in [4.78, 5) is 25.1. The van der Waals surface area contributed by atoms with Crippen LogP contribution in [0.3, 0.4) is 0 Å². The molecule has 2 heterocycles. The number of methoxy groups -OCH3 is 1. The maximum Gasteiger partial charge on any atom is 0.276 e. The number of allylic oxidation sites excluding steroid dienone is 3. The monoisotopic (exact) mass is 453 g/mol. The van der Waals surface area contributed by atoms with Crippen LogP contribution in [-0.2, 0) is 16.1 Å². The van der Waals surface area contributed by atoms with Gasteiger partial charge in [-0.25, -0.2) is 0 Å². The highest BCUT2D eigenvalue weighted by Gasteiger charge is 2.27. The lowest BCUT2D eigenvalue weighted by Gasteiger charge is -2.19. The van der Waals surface area contributed by atoms with Gasteiger partial charge in [0.1, 0.15) is 0 Å². The molecule has 2 aliphatic rings. The summed E-state index contributed by atoms with van der Waals surface area (Å²) in [7, 11) is 1.67. The smallest absolute Gasteiger partial charge is 0.276 e. The quantitative estimate of drug-likeness (QED) is 0.521. The van der Waals surface area contributed by atoms with Gasteiger partial charge < -0.3 is 10.1 Å². The molecule has 8 nitrogen and oxygen atoms in total. The molecule has 1 aliphatic heterocycles. The highest BCUT2D eigenvalue weighted by Crippen LogP contribution is 2.34. The third-order valence-corrected chi connectivity index (χ3v) is 5.82. The largest absolute Gasteiger partial charge is 0.385 e. The number of amides is 2. The minimum absolute atomic E-state index is 0.267. The highest BCUT2D eigenvalue weighted by atomic mass is 16.5. The average molecular weight is 454 g/mol. The molecular weight excluding hydrogens is 430 g/mol. The van der Waals surface area contributed by atoms with Crippen molar-refractivity contribution in [1.82, 2.24) is 9.78 Å². The molecule has 1 N–H and O–H groups in total. The van der Waals surface area contributed by atoms with Gasteiger partial charge in [-0.2, -0.15) is 5.10 Å². The maximum absolute atomic E-state index is 13.1. The van der Waals surface area contributed by atoms with Gasteiger partial charge in [-0.3, -0.25) is 14.3 Å². The van der Waals surface area contributed by atoms with Crippen molar-refractivity contribution in [1.29, 1.82) is 0 Å². The van der Waals surface area contributed by atoms with Crippen LogP contribution in [0.2, 0.25) is 0 Å². The van der Waals surface area contributed by atoms with Crippen molar-refractivity contribution in [2.75, 3.05) is 19.0 Å². The fraction of sp³-hybridized carbons (Fsp3) is 0.192. The van der Waals surface area contributed by atoms with Gasteiger partial charge in [0.05, 0.1) is 17.1 Å². The van der Waals surface area contributed by atoms with E-state index in [0.29, 0.717) is 30.2 Å². The number of anilines is 1. The average Bonchev–Trinajstić information content (AvgIpc) is 3.24. The zero-order valence-electron chi connectivity index (χ0n) is 18.6. The Morgan fingerprint density at radius 2 is 1.91 bits per heavy atom. The Morgan fingerprint density at radius 3 is 2.74 bits per heavy atom. The van der Waals surface area contributed by atoms with Crippen molar-refractivity contribution in [3.63, 3.8) is 0 Å². The Hall–Kier alpha value is -4.17. The molecule has 5 rings (SSSR count). The fourth-order valence-electron chi connectivity index (χ4n) is 4.15. The molecule has 0 saturated carbocycles. The molecular formula is C26H23N5O3. The topological polar surface area (TPSA) is 97.9 Å². The van der Waals surface area contributed by atoms with Gasteiger partial charge in [0.15, 0.2) is 5.69 Å². The van der Waals surface area contributed by atoms with E-state index < -0.39 is 5.92 Å². The zero-order valence-corrected chi connectivity index (χ0v) is 18.6. The predicted molar refractivity (Wildman–Crippen MR) is 129 cm³/mol. The van der Waals surface area contributed by atoms with Gasteiger partial charge in [-0.15, -0.1) is 10.2 Å². The van der Waals surface area contributed by atoms with Crippen molar-refractivity contribution >= 4 is 34.1 Å². The number of aryl methyl sites for hydroxylation is 1. The number of aromatic nitrogens is 2. The van der Waals surface area contributed by atoms with E-state index in [9.17, 15) is 9.59 Å². The molecule has 2 aromatic carbocycles. The van der Waals surface area contributed by atoms with E-state index in [4.69, 9.17) is 4.74 Å². The third kappa shape index (κ3) is 4.11. The van der Waals surface area contributed by atoms with Crippen molar-refractivity contribution in [3.05, 3.63) is 89.7 Å². The van der Waals surface area contributed by atoms with E-state index in [0.717, 1.165) is 28.5 Å². The number of para-hydroxylation sites is 1. The molecule has 170 valence electrons. The normalized spacial score (nSPS) is 16.9. The first kappa shape index (κ1) is 21.7. The second-order valence-corrected chi connectivity index (χ2v) is 8.03. The number of carbonyl (C=O) groups excluding carboxylic acids is 2. The van der Waals surface area contributed by atoms with Crippen LogP contribution in [0.15, 0.2) is 88.6 Å². The van der Waals surface area contributed by atoms with Gasteiger partial charge in [0.25, 0.3) is 11.8 Å². The van der Waals surface area contributed by atoms with Crippen molar-refractivity contribution in [2.45, 2.75) is 13.0 Å². The number of hydrogen-bond donors (Lipinski definition) is 1. The SMILES string of the molecule is COCCCn1nc(C(=O)Nc2ccc(C3=C4C=CC=CC4C(=O)N=N3)cc2)c2ccccc21. The molecule has 0 spiro atoms. The molecule has 34 heavy (non-hydrogen) atoms. The van der Waals surface area contributed by atoms with Crippen LogP contribution in [0.1, 0.15) is 22.5 Å². The number of nitrogens with one attached hydrogen (secondary N) is 1. The molecule has 1 atom stereocenters. The Balaban J connectivity index is 1.37. The van der Waals surface area contributed by atoms with E-state index in [1.165, 1.54) is 0 Å². The first-order valence-corrected chi connectivity index (χ1v) is 11.1. The summed E-state index contributed by atoms with van der Waals surface area (Å²) in [5.41, 5.74) is 4.23. The molecule has 1 aliphatic carbocycles. The number of hydrogen-bond acceptors (Lipinski definition) is 5. The van der Waals surface area contributed by atoms with E-state index in [1.54, 1.807) is 7.11 Å². The molecule has 1 aromatic heterocycles. The minimum atomic E-state index is -0.399. The van der Waals surface area contributed by atoms with E-state index in [1.807, 2.05) is 77.5 Å². The van der Waals surface area contributed by atoms with Crippen LogP contribution in [0.25, 0.3) is 16.6 Å². The highest BCUT2D eigenvalue weighted by molar-refractivity contribution is 6.11. The Morgan fingerprint density at radius 1 is 1.09 bits per heavy atom. The number of ether oxygens (including phenoxy) is 1. The van der Waals surface area contributed by atoms with Crippen LogP contribution in [-0.4, -0.2) is 35.3 Å². The summed E-state index contributed by atoms with van der Waals surface area (Å²) in [6.07, 6.45) is 8.24. The lowest BCUT2D eigenvalue weighted by Crippen LogP contribution is -2.17. The van der Waals surface area contributed by atoms with Crippen LogP contribution in [0.5, 0.6) is 0 Å². The predicted octanol–water partition coefficient (Wildman–Crippen LogP) is 4.77. The van der Waals surface area contributed by atoms with Crippen LogP contribution in [0, 0.1) is 5.92 Å². The second-order valence-electron chi connectivity index (χ2n) is 8.03. The fourth-order valence-corrected chi connectivity index (χ4v) is 4.15. The summed E-state index contributed by atoms with van der Waals surface area (Å²) in [6, 6.07) is 15.0. The third-order valence-electron chi connectivity index (χ3n) is 5.82. The van der Waals surface area contributed by atoms with Crippen molar-refractivity contribution in [2.24, 2.45) is 16.1 Å². The van der Waals surface area contributed by atoms with Gasteiger partial charge in [0, 0.05) is 36.9 Å². The lowest BCUT2D eigenvalue weighted by atomic mass is 9.89. The summed E-state index contributed by atoms with van der Waals surface area (Å²) < 4.78 is 6.98. The summed E-state index contributed by atoms with van der Waals surface area (Å²) in [6.45, 7) is 1.29. The van der Waals surface area contributed by atoms with Crippen molar-refractivity contribution < 1.29 is 14.3 Å². The standard InChI is InChI=1S/C26H23N5O3/c1-34-16-6-15-31-22-10-5-4-9-21(22)24(30-31)26(33)27-18-13-11-17(12-14-18)23-19-7-2-3-8-20(19)25(32)29-28-23/h2-5,7-14,20H,6,15-16H2,1H3,(H,27,33). The molecule has 8 heteroatoms. The lowest BCUT2D eigenvalue weighted by molar-refractivity contribution is -0.119. The molecule has 2 amide bonds. The first-order valence-electron chi connectivity index (χ1n) is 11.1. The Bertz CT molecular complexity index is 1380. The van der Waals surface area contributed by atoms with Gasteiger partial charge >= 0.3 is 0 Å². The minimum Gasteiger partial charge on any atom is -0.385 e. The first-order chi connectivity index (χ1) is 16.7. The van der Waals surface area contributed by atoms with E-state index in [2.05, 4.69) is 20.6 Å². The molecule has 0 fully saturated rings. The molecule has 1 unspecified atom stereocenters. The maximum atomic E-state index is 13.1. The zero-order chi connectivity index (χ0) is 23.5. The summed E-state index contributed by atoms with van der Waals surface area (Å²) >= 11 is 0. The number of rotatable bonds is 7.